The fourth-order valence-corrected chi connectivity index (χ4v) is 1.80. The third kappa shape index (κ3) is 1.63. The highest BCUT2D eigenvalue weighted by Crippen LogP contribution is 2.38. The first-order valence-corrected chi connectivity index (χ1v) is 4.64. The summed E-state index contributed by atoms with van der Waals surface area (Å²) in [5, 5.41) is 0. The minimum absolute atomic E-state index is 0.00300. The minimum atomic E-state index is -0.516. The number of carbonyl (C=O) groups is 1. The Balaban J connectivity index is 2.02. The van der Waals surface area contributed by atoms with Crippen LogP contribution in [0.25, 0.3) is 0 Å². The van der Waals surface area contributed by atoms with E-state index in [0.29, 0.717) is 0 Å². The first kappa shape index (κ1) is 9.89. The molecule has 0 amide bonds. The van der Waals surface area contributed by atoms with Crippen molar-refractivity contribution >= 4 is 5.97 Å². The molecule has 0 spiro atoms. The Labute approximate surface area is 82.3 Å². The van der Waals surface area contributed by atoms with Crippen LogP contribution in [0.1, 0.15) is 13.8 Å². The minimum Gasteiger partial charge on any atom is -0.454 e. The molecule has 0 N–H and O–H groups in total. The van der Waals surface area contributed by atoms with Crippen molar-refractivity contribution in [3.8, 4) is 0 Å². The van der Waals surface area contributed by atoms with E-state index in [-0.39, 0.29) is 24.3 Å². The van der Waals surface area contributed by atoms with Crippen molar-refractivity contribution in [1.29, 1.82) is 0 Å². The molecule has 0 bridgehead atoms. The number of hydrogen-bond acceptors (Lipinski definition) is 5. The molecule has 2 fully saturated rings. The number of rotatable bonds is 2. The summed E-state index contributed by atoms with van der Waals surface area (Å²) in [6, 6.07) is 0. The van der Waals surface area contributed by atoms with Crippen molar-refractivity contribution in [2.24, 2.45) is 0 Å². The van der Waals surface area contributed by atoms with E-state index in [9.17, 15) is 4.79 Å². The Morgan fingerprint density at radius 1 is 1.29 bits per heavy atom. The van der Waals surface area contributed by atoms with Crippen molar-refractivity contribution < 1.29 is 23.7 Å². The lowest BCUT2D eigenvalue weighted by Gasteiger charge is -2.30. The summed E-state index contributed by atoms with van der Waals surface area (Å²) in [6.45, 7) is 3.28. The van der Waals surface area contributed by atoms with E-state index < -0.39 is 12.4 Å². The maximum Gasteiger partial charge on any atom is 0.303 e. The standard InChI is InChI=1S/C9H14O5/c1-4-6-7(14-6)8(13-5(2)10)9(11-3)12-4/h4,6-9H,1-3H3/t4-,6+,7-,8+,9-/m1/s1. The maximum atomic E-state index is 10.8. The van der Waals surface area contributed by atoms with Crippen LogP contribution in [0, 0.1) is 0 Å². The number of ether oxygens (including phenoxy) is 4. The Kier molecular flexibility index (Phi) is 2.47. The van der Waals surface area contributed by atoms with Crippen molar-refractivity contribution in [2.75, 3.05) is 7.11 Å². The van der Waals surface area contributed by atoms with Crippen molar-refractivity contribution in [2.45, 2.75) is 44.6 Å². The molecule has 0 saturated carbocycles. The SMILES string of the molecule is CO[C@@H]1O[C@H](C)[C@@H]2O[C@H]2[C@@H]1OC(C)=O. The second-order valence-electron chi connectivity index (χ2n) is 3.58. The molecular formula is C9H14O5. The molecule has 0 aliphatic carbocycles. The monoisotopic (exact) mass is 202 g/mol. The van der Waals surface area contributed by atoms with Gasteiger partial charge in [0.15, 0.2) is 12.4 Å². The lowest BCUT2D eigenvalue weighted by atomic mass is 10.1. The van der Waals surface area contributed by atoms with Gasteiger partial charge in [0.05, 0.1) is 6.10 Å². The van der Waals surface area contributed by atoms with Crippen LogP contribution in [-0.2, 0) is 23.7 Å². The van der Waals surface area contributed by atoms with Gasteiger partial charge < -0.3 is 18.9 Å². The number of epoxide rings is 1. The first-order chi connectivity index (χ1) is 6.63. The van der Waals surface area contributed by atoms with E-state index in [0.717, 1.165) is 0 Å². The second-order valence-corrected chi connectivity index (χ2v) is 3.58. The molecule has 0 aromatic carbocycles. The molecule has 2 aliphatic heterocycles. The molecule has 5 nitrogen and oxygen atoms in total. The fourth-order valence-electron chi connectivity index (χ4n) is 1.80. The molecule has 0 aromatic rings. The summed E-state index contributed by atoms with van der Waals surface area (Å²) in [7, 11) is 1.52. The fraction of sp³-hybridized carbons (Fsp3) is 0.889. The van der Waals surface area contributed by atoms with Gasteiger partial charge in [0, 0.05) is 14.0 Å². The highest BCUT2D eigenvalue weighted by Gasteiger charge is 2.58. The number of esters is 1. The van der Waals surface area contributed by atoms with E-state index in [4.69, 9.17) is 18.9 Å². The van der Waals surface area contributed by atoms with E-state index in [1.54, 1.807) is 0 Å². The van der Waals surface area contributed by atoms with Gasteiger partial charge in [-0.05, 0) is 6.92 Å². The molecule has 2 heterocycles. The summed E-state index contributed by atoms with van der Waals surface area (Å²) < 4.78 is 21.0. The average molecular weight is 202 g/mol. The highest BCUT2D eigenvalue weighted by atomic mass is 16.7. The zero-order valence-corrected chi connectivity index (χ0v) is 8.43. The van der Waals surface area contributed by atoms with Crippen LogP contribution in [0.3, 0.4) is 0 Å². The third-order valence-corrected chi connectivity index (χ3v) is 2.50. The highest BCUT2D eigenvalue weighted by molar-refractivity contribution is 5.66. The molecule has 5 heteroatoms. The topological polar surface area (TPSA) is 57.3 Å². The summed E-state index contributed by atoms with van der Waals surface area (Å²) in [5.74, 6) is -0.343. The van der Waals surface area contributed by atoms with Gasteiger partial charge >= 0.3 is 5.97 Å². The Hall–Kier alpha value is -0.650. The normalized spacial score (nSPS) is 45.5. The van der Waals surface area contributed by atoms with E-state index in [1.165, 1.54) is 14.0 Å². The van der Waals surface area contributed by atoms with Crippen LogP contribution in [0.15, 0.2) is 0 Å². The van der Waals surface area contributed by atoms with Gasteiger partial charge in [0.2, 0.25) is 0 Å². The van der Waals surface area contributed by atoms with Crippen LogP contribution < -0.4 is 0 Å². The number of methoxy groups -OCH3 is 1. The molecule has 0 aromatic heterocycles. The van der Waals surface area contributed by atoms with Crippen LogP contribution in [0.5, 0.6) is 0 Å². The molecule has 0 radical (unpaired) electrons. The molecule has 80 valence electrons. The summed E-state index contributed by atoms with van der Waals surface area (Å²) in [5.41, 5.74) is 0. The van der Waals surface area contributed by atoms with Gasteiger partial charge in [-0.2, -0.15) is 0 Å². The van der Waals surface area contributed by atoms with Gasteiger partial charge in [-0.3, -0.25) is 4.79 Å². The quantitative estimate of drug-likeness (QED) is 0.468. The van der Waals surface area contributed by atoms with E-state index in [2.05, 4.69) is 0 Å². The second kappa shape index (κ2) is 3.49. The van der Waals surface area contributed by atoms with E-state index >= 15 is 0 Å². The molecular weight excluding hydrogens is 188 g/mol. The predicted molar refractivity (Wildman–Crippen MR) is 45.6 cm³/mol. The van der Waals surface area contributed by atoms with Crippen molar-refractivity contribution in [3.63, 3.8) is 0 Å². The van der Waals surface area contributed by atoms with E-state index in [1.807, 2.05) is 6.92 Å². The Bertz CT molecular complexity index is 241. The van der Waals surface area contributed by atoms with Gasteiger partial charge in [0.25, 0.3) is 0 Å². The lowest BCUT2D eigenvalue weighted by Crippen LogP contribution is -2.47. The first-order valence-electron chi connectivity index (χ1n) is 4.64. The zero-order valence-electron chi connectivity index (χ0n) is 8.43. The van der Waals surface area contributed by atoms with Gasteiger partial charge in [-0.15, -0.1) is 0 Å². The molecule has 2 rings (SSSR count). The van der Waals surface area contributed by atoms with Crippen LogP contribution in [0.4, 0.5) is 0 Å². The number of fused-ring (bicyclic) bond motifs is 1. The Morgan fingerprint density at radius 3 is 2.57 bits per heavy atom. The zero-order chi connectivity index (χ0) is 10.3. The summed E-state index contributed by atoms with van der Waals surface area (Å²) >= 11 is 0. The van der Waals surface area contributed by atoms with Gasteiger partial charge in [-0.1, -0.05) is 0 Å². The van der Waals surface area contributed by atoms with Crippen LogP contribution in [-0.4, -0.2) is 43.8 Å². The molecule has 5 atom stereocenters. The molecule has 0 unspecified atom stereocenters. The molecule has 2 saturated heterocycles. The Morgan fingerprint density at radius 2 is 2.00 bits per heavy atom. The van der Waals surface area contributed by atoms with Crippen molar-refractivity contribution in [1.82, 2.24) is 0 Å². The largest absolute Gasteiger partial charge is 0.454 e. The smallest absolute Gasteiger partial charge is 0.303 e. The van der Waals surface area contributed by atoms with Crippen LogP contribution in [0.2, 0.25) is 0 Å². The molecule has 14 heavy (non-hydrogen) atoms. The summed E-state index contributed by atoms with van der Waals surface area (Å²) in [6.07, 6.45) is -0.966. The summed E-state index contributed by atoms with van der Waals surface area (Å²) in [4.78, 5) is 10.8. The third-order valence-electron chi connectivity index (χ3n) is 2.50. The predicted octanol–water partition coefficient (Wildman–Crippen LogP) is 0.0767. The maximum absolute atomic E-state index is 10.8. The van der Waals surface area contributed by atoms with Crippen molar-refractivity contribution in [3.05, 3.63) is 0 Å². The number of hydrogen-bond donors (Lipinski definition) is 0. The average Bonchev–Trinajstić information content (AvgIpc) is 2.88. The number of carbonyl (C=O) groups excluding carboxylic acids is 1. The molecule has 2 aliphatic rings. The van der Waals surface area contributed by atoms with Gasteiger partial charge in [-0.25, -0.2) is 0 Å². The van der Waals surface area contributed by atoms with Crippen LogP contribution >= 0.6 is 0 Å². The van der Waals surface area contributed by atoms with Gasteiger partial charge in [0.1, 0.15) is 12.2 Å². The lowest BCUT2D eigenvalue weighted by molar-refractivity contribution is -0.225.